The van der Waals surface area contributed by atoms with Crippen LogP contribution in [0.15, 0.2) is 0 Å². The first kappa shape index (κ1) is 15.2. The highest BCUT2D eigenvalue weighted by Crippen LogP contribution is 2.29. The van der Waals surface area contributed by atoms with E-state index < -0.39 is 0 Å². The molecule has 2 heterocycles. The number of anilines is 1. The molecule has 1 saturated heterocycles. The molecule has 1 aromatic heterocycles. The van der Waals surface area contributed by atoms with E-state index in [4.69, 9.17) is 0 Å². The average molecular weight is 277 g/mol. The summed E-state index contributed by atoms with van der Waals surface area (Å²) in [4.78, 5) is 4.58. The summed E-state index contributed by atoms with van der Waals surface area (Å²) in [6.07, 6.45) is 4.31. The van der Waals surface area contributed by atoms with Gasteiger partial charge in [0.05, 0.1) is 11.4 Å². The zero-order valence-electron chi connectivity index (χ0n) is 13.2. The Balaban J connectivity index is 2.00. The van der Waals surface area contributed by atoms with Gasteiger partial charge in [-0.1, -0.05) is 27.7 Å². The number of aryl methyl sites for hydroxylation is 2. The van der Waals surface area contributed by atoms with E-state index in [0.717, 1.165) is 37.3 Å². The van der Waals surface area contributed by atoms with Crippen LogP contribution in [0, 0.1) is 5.41 Å². The molecule has 0 amide bonds. The maximum Gasteiger partial charge on any atom is 0.243 e. The fourth-order valence-corrected chi connectivity index (χ4v) is 2.83. The molecule has 2 rings (SSSR count). The highest BCUT2D eigenvalue weighted by Gasteiger charge is 2.31. The van der Waals surface area contributed by atoms with Crippen molar-refractivity contribution in [3.8, 4) is 0 Å². The molecule has 112 valence electrons. The van der Waals surface area contributed by atoms with E-state index in [9.17, 15) is 0 Å². The lowest BCUT2D eigenvalue weighted by atomic mass is 9.77. The maximum absolute atomic E-state index is 4.58. The summed E-state index contributed by atoms with van der Waals surface area (Å²) in [5, 5.41) is 15.4. The Labute approximate surface area is 122 Å². The largest absolute Gasteiger partial charge is 0.351 e. The topological polar surface area (TPSA) is 62.7 Å². The van der Waals surface area contributed by atoms with Gasteiger partial charge in [-0.15, -0.1) is 5.10 Å². The standard InChI is InChI=1S/C15H27N5/c1-5-11-12(6-2)19-20-14(18-11)17-10-13-15(3,4)8-7-9-16-13/h13,16H,5-10H2,1-4H3,(H,17,18,20). The molecule has 0 saturated carbocycles. The predicted molar refractivity (Wildman–Crippen MR) is 81.9 cm³/mol. The van der Waals surface area contributed by atoms with Gasteiger partial charge in [-0.05, 0) is 37.6 Å². The molecule has 5 nitrogen and oxygen atoms in total. The summed E-state index contributed by atoms with van der Waals surface area (Å²) in [6.45, 7) is 10.8. The van der Waals surface area contributed by atoms with E-state index in [-0.39, 0.29) is 0 Å². The normalized spacial score (nSPS) is 21.7. The average Bonchev–Trinajstić information content (AvgIpc) is 2.45. The van der Waals surface area contributed by atoms with Gasteiger partial charge in [0.15, 0.2) is 0 Å². The minimum absolute atomic E-state index is 0.315. The summed E-state index contributed by atoms with van der Waals surface area (Å²) < 4.78 is 0. The van der Waals surface area contributed by atoms with Crippen molar-refractivity contribution < 1.29 is 0 Å². The molecule has 1 unspecified atom stereocenters. The third kappa shape index (κ3) is 3.45. The van der Waals surface area contributed by atoms with Crippen molar-refractivity contribution in [2.75, 3.05) is 18.4 Å². The molecule has 0 aromatic carbocycles. The molecule has 0 radical (unpaired) electrons. The quantitative estimate of drug-likeness (QED) is 0.864. The Hall–Kier alpha value is -1.23. The number of hydrogen-bond acceptors (Lipinski definition) is 5. The summed E-state index contributed by atoms with van der Waals surface area (Å²) >= 11 is 0. The summed E-state index contributed by atoms with van der Waals surface area (Å²) in [5.41, 5.74) is 2.38. The first-order valence-electron chi connectivity index (χ1n) is 7.76. The van der Waals surface area contributed by atoms with Crippen LogP contribution in [0.3, 0.4) is 0 Å². The lowest BCUT2D eigenvalue weighted by Crippen LogP contribution is -2.50. The van der Waals surface area contributed by atoms with E-state index >= 15 is 0 Å². The Morgan fingerprint density at radius 3 is 2.60 bits per heavy atom. The molecule has 1 fully saturated rings. The van der Waals surface area contributed by atoms with Gasteiger partial charge in [0.1, 0.15) is 0 Å². The molecule has 0 aliphatic carbocycles. The predicted octanol–water partition coefficient (Wildman–Crippen LogP) is 2.19. The first-order valence-corrected chi connectivity index (χ1v) is 7.76. The second-order valence-electron chi connectivity index (χ2n) is 6.22. The van der Waals surface area contributed by atoms with Gasteiger partial charge in [0, 0.05) is 12.6 Å². The molecule has 1 atom stereocenters. The molecule has 0 bridgehead atoms. The lowest BCUT2D eigenvalue weighted by molar-refractivity contribution is 0.188. The third-order valence-electron chi connectivity index (χ3n) is 4.31. The van der Waals surface area contributed by atoms with Crippen LogP contribution in [-0.2, 0) is 12.8 Å². The fourth-order valence-electron chi connectivity index (χ4n) is 2.83. The number of hydrogen-bond donors (Lipinski definition) is 2. The van der Waals surface area contributed by atoms with Crippen molar-refractivity contribution in [2.24, 2.45) is 5.41 Å². The van der Waals surface area contributed by atoms with E-state index in [1.54, 1.807) is 0 Å². The number of nitrogens with zero attached hydrogens (tertiary/aromatic N) is 3. The van der Waals surface area contributed by atoms with Crippen molar-refractivity contribution in [3.05, 3.63) is 11.4 Å². The van der Waals surface area contributed by atoms with Gasteiger partial charge < -0.3 is 10.6 Å². The van der Waals surface area contributed by atoms with Gasteiger partial charge in [-0.25, -0.2) is 4.98 Å². The van der Waals surface area contributed by atoms with Gasteiger partial charge in [0.25, 0.3) is 0 Å². The second kappa shape index (κ2) is 6.48. The van der Waals surface area contributed by atoms with Crippen LogP contribution in [0.25, 0.3) is 0 Å². The molecular formula is C15H27N5. The SMILES string of the molecule is CCc1nnc(NCC2NCCCC2(C)C)nc1CC. The van der Waals surface area contributed by atoms with Crippen molar-refractivity contribution in [1.82, 2.24) is 20.5 Å². The van der Waals surface area contributed by atoms with Crippen molar-refractivity contribution in [3.63, 3.8) is 0 Å². The van der Waals surface area contributed by atoms with E-state index in [1.165, 1.54) is 12.8 Å². The number of aromatic nitrogens is 3. The van der Waals surface area contributed by atoms with Gasteiger partial charge in [-0.3, -0.25) is 0 Å². The van der Waals surface area contributed by atoms with Crippen LogP contribution in [-0.4, -0.2) is 34.3 Å². The van der Waals surface area contributed by atoms with Gasteiger partial charge in [0.2, 0.25) is 5.95 Å². The second-order valence-corrected chi connectivity index (χ2v) is 6.22. The van der Waals surface area contributed by atoms with Crippen LogP contribution in [0.4, 0.5) is 5.95 Å². The van der Waals surface area contributed by atoms with E-state index in [1.807, 2.05) is 0 Å². The summed E-state index contributed by atoms with van der Waals surface area (Å²) in [7, 11) is 0. The molecule has 20 heavy (non-hydrogen) atoms. The lowest BCUT2D eigenvalue weighted by Gasteiger charge is -2.39. The van der Waals surface area contributed by atoms with Crippen LogP contribution < -0.4 is 10.6 Å². The molecular weight excluding hydrogens is 250 g/mol. The van der Waals surface area contributed by atoms with Crippen LogP contribution in [0.5, 0.6) is 0 Å². The summed E-state index contributed by atoms with van der Waals surface area (Å²) in [5.74, 6) is 0.655. The molecule has 2 N–H and O–H groups in total. The number of nitrogens with one attached hydrogen (secondary N) is 2. The van der Waals surface area contributed by atoms with Gasteiger partial charge >= 0.3 is 0 Å². The minimum Gasteiger partial charge on any atom is -0.351 e. The first-order chi connectivity index (χ1) is 9.56. The zero-order valence-corrected chi connectivity index (χ0v) is 13.2. The Morgan fingerprint density at radius 2 is 1.95 bits per heavy atom. The Bertz CT molecular complexity index is 444. The van der Waals surface area contributed by atoms with Crippen molar-refractivity contribution in [1.29, 1.82) is 0 Å². The Kier molecular flexibility index (Phi) is 4.91. The van der Waals surface area contributed by atoms with Crippen LogP contribution in [0.2, 0.25) is 0 Å². The summed E-state index contributed by atoms with van der Waals surface area (Å²) in [6, 6.07) is 0.454. The Morgan fingerprint density at radius 1 is 1.20 bits per heavy atom. The molecule has 5 heteroatoms. The number of piperidine rings is 1. The van der Waals surface area contributed by atoms with Crippen molar-refractivity contribution in [2.45, 2.75) is 59.4 Å². The van der Waals surface area contributed by atoms with E-state index in [0.29, 0.717) is 17.4 Å². The monoisotopic (exact) mass is 277 g/mol. The molecule has 0 spiro atoms. The number of rotatable bonds is 5. The molecule has 1 aromatic rings. The molecule has 1 aliphatic heterocycles. The maximum atomic E-state index is 4.58. The highest BCUT2D eigenvalue weighted by atomic mass is 15.2. The third-order valence-corrected chi connectivity index (χ3v) is 4.31. The fraction of sp³-hybridized carbons (Fsp3) is 0.800. The van der Waals surface area contributed by atoms with Gasteiger partial charge in [-0.2, -0.15) is 5.10 Å². The van der Waals surface area contributed by atoms with Crippen molar-refractivity contribution >= 4 is 5.95 Å². The minimum atomic E-state index is 0.315. The highest BCUT2D eigenvalue weighted by molar-refractivity contribution is 5.26. The zero-order chi connectivity index (χ0) is 14.6. The van der Waals surface area contributed by atoms with Crippen LogP contribution >= 0.6 is 0 Å². The van der Waals surface area contributed by atoms with E-state index in [2.05, 4.69) is 53.5 Å². The smallest absolute Gasteiger partial charge is 0.243 e. The molecule has 1 aliphatic rings. The van der Waals surface area contributed by atoms with Crippen LogP contribution in [0.1, 0.15) is 51.9 Å².